The minimum absolute atomic E-state index is 0.00566. The van der Waals surface area contributed by atoms with Crippen LogP contribution in [0.15, 0.2) is 79.1 Å². The van der Waals surface area contributed by atoms with E-state index in [1.54, 1.807) is 6.20 Å². The van der Waals surface area contributed by atoms with E-state index >= 15 is 0 Å². The van der Waals surface area contributed by atoms with E-state index < -0.39 is 5.41 Å². The number of carbonyl (C=O) groups is 1. The number of hydrogen-bond donors (Lipinski definition) is 1. The lowest BCUT2D eigenvalue weighted by Gasteiger charge is -2.27. The molecule has 32 heavy (non-hydrogen) atoms. The predicted molar refractivity (Wildman–Crippen MR) is 126 cm³/mol. The van der Waals surface area contributed by atoms with Crippen LogP contribution in [0.3, 0.4) is 0 Å². The molecule has 0 radical (unpaired) electrons. The van der Waals surface area contributed by atoms with Gasteiger partial charge in [-0.1, -0.05) is 43.3 Å². The van der Waals surface area contributed by atoms with Gasteiger partial charge in [0, 0.05) is 25.5 Å². The van der Waals surface area contributed by atoms with E-state index in [1.165, 1.54) is 5.56 Å². The Kier molecular flexibility index (Phi) is 6.86. The predicted octanol–water partition coefficient (Wildman–Crippen LogP) is 5.35. The van der Waals surface area contributed by atoms with Gasteiger partial charge in [-0.3, -0.25) is 14.7 Å². The normalized spacial score (nSPS) is 19.4. The third kappa shape index (κ3) is 5.35. The molecule has 2 heterocycles. The van der Waals surface area contributed by atoms with Crippen molar-refractivity contribution >= 4 is 5.91 Å². The molecule has 0 bridgehead atoms. The summed E-state index contributed by atoms with van der Waals surface area (Å²) in [5.41, 5.74) is 1.84. The lowest BCUT2D eigenvalue weighted by atomic mass is 9.88. The number of ether oxygens (including phenoxy) is 1. The number of para-hydroxylation sites is 1. The molecule has 2 aromatic carbocycles. The highest BCUT2D eigenvalue weighted by molar-refractivity contribution is 5.83. The van der Waals surface area contributed by atoms with Crippen LogP contribution in [-0.2, 0) is 11.3 Å². The van der Waals surface area contributed by atoms with Crippen molar-refractivity contribution in [3.63, 3.8) is 0 Å². The van der Waals surface area contributed by atoms with Gasteiger partial charge < -0.3 is 10.1 Å². The first-order valence-electron chi connectivity index (χ1n) is 11.3. The van der Waals surface area contributed by atoms with Crippen molar-refractivity contribution in [2.24, 2.45) is 5.41 Å². The van der Waals surface area contributed by atoms with Gasteiger partial charge in [-0.25, -0.2) is 0 Å². The summed E-state index contributed by atoms with van der Waals surface area (Å²) in [5, 5.41) is 3.26. The first kappa shape index (κ1) is 22.0. The minimum atomic E-state index is -0.395. The average Bonchev–Trinajstić information content (AvgIpc) is 3.20. The second-order valence-corrected chi connectivity index (χ2v) is 8.80. The fraction of sp³-hybridized carbons (Fsp3) is 0.333. The van der Waals surface area contributed by atoms with Gasteiger partial charge in [-0.05, 0) is 67.8 Å². The van der Waals surface area contributed by atoms with E-state index in [0.29, 0.717) is 0 Å². The van der Waals surface area contributed by atoms with E-state index in [0.717, 1.165) is 49.5 Å². The third-order valence-electron chi connectivity index (χ3n) is 6.18. The number of rotatable bonds is 8. The van der Waals surface area contributed by atoms with E-state index in [1.807, 2.05) is 60.8 Å². The van der Waals surface area contributed by atoms with Crippen molar-refractivity contribution in [3.8, 4) is 11.5 Å². The molecule has 3 aromatic rings. The van der Waals surface area contributed by atoms with E-state index in [9.17, 15) is 4.79 Å². The Labute approximate surface area is 190 Å². The Morgan fingerprint density at radius 3 is 2.69 bits per heavy atom. The SMILES string of the molecule is CCC(NC(=O)C1(C)CCN(Cc2cccc(Oc3ccccc3)c2)C1)c1cccnc1. The monoisotopic (exact) mass is 429 g/mol. The molecule has 0 saturated carbocycles. The number of pyridine rings is 1. The van der Waals surface area contributed by atoms with Crippen LogP contribution >= 0.6 is 0 Å². The molecule has 5 nitrogen and oxygen atoms in total. The summed E-state index contributed by atoms with van der Waals surface area (Å²) in [7, 11) is 0. The average molecular weight is 430 g/mol. The maximum absolute atomic E-state index is 13.2. The van der Waals surface area contributed by atoms with Gasteiger partial charge in [0.05, 0.1) is 11.5 Å². The molecule has 0 spiro atoms. The molecule has 5 heteroatoms. The van der Waals surface area contributed by atoms with Crippen LogP contribution in [0.2, 0.25) is 0 Å². The second-order valence-electron chi connectivity index (χ2n) is 8.80. The Bertz CT molecular complexity index is 1030. The van der Waals surface area contributed by atoms with Crippen molar-refractivity contribution in [1.29, 1.82) is 0 Å². The summed E-state index contributed by atoms with van der Waals surface area (Å²) in [6.07, 6.45) is 5.28. The number of likely N-dealkylation sites (tertiary alicyclic amines) is 1. The lowest BCUT2D eigenvalue weighted by Crippen LogP contribution is -2.42. The number of amides is 1. The number of carbonyl (C=O) groups excluding carboxylic acids is 1. The molecule has 1 saturated heterocycles. The van der Waals surface area contributed by atoms with Gasteiger partial charge in [0.25, 0.3) is 0 Å². The zero-order valence-corrected chi connectivity index (χ0v) is 18.8. The van der Waals surface area contributed by atoms with Crippen LogP contribution in [0.5, 0.6) is 11.5 Å². The summed E-state index contributed by atoms with van der Waals surface area (Å²) in [5.74, 6) is 1.78. The van der Waals surface area contributed by atoms with Gasteiger partial charge in [-0.2, -0.15) is 0 Å². The van der Waals surface area contributed by atoms with Gasteiger partial charge in [-0.15, -0.1) is 0 Å². The molecule has 166 valence electrons. The molecule has 1 aliphatic rings. The Hall–Kier alpha value is -3.18. The van der Waals surface area contributed by atoms with Crippen LogP contribution in [0.25, 0.3) is 0 Å². The van der Waals surface area contributed by atoms with E-state index in [2.05, 4.69) is 41.2 Å². The largest absolute Gasteiger partial charge is 0.457 e. The third-order valence-corrected chi connectivity index (χ3v) is 6.18. The van der Waals surface area contributed by atoms with Gasteiger partial charge in [0.1, 0.15) is 11.5 Å². The van der Waals surface area contributed by atoms with Crippen molar-refractivity contribution < 1.29 is 9.53 Å². The summed E-state index contributed by atoms with van der Waals surface area (Å²) < 4.78 is 5.97. The molecule has 2 atom stereocenters. The molecule has 1 N–H and O–H groups in total. The van der Waals surface area contributed by atoms with E-state index in [-0.39, 0.29) is 11.9 Å². The number of hydrogen-bond acceptors (Lipinski definition) is 4. The number of aromatic nitrogens is 1. The first-order valence-corrected chi connectivity index (χ1v) is 11.3. The van der Waals surface area contributed by atoms with Crippen LogP contribution in [0.1, 0.15) is 43.9 Å². The fourth-order valence-corrected chi connectivity index (χ4v) is 4.30. The smallest absolute Gasteiger partial charge is 0.227 e. The standard InChI is InChI=1S/C27H31N3O2/c1-3-25(22-10-8-15-28-18-22)29-26(31)27(2)14-16-30(20-27)19-21-9-7-13-24(17-21)32-23-11-5-4-6-12-23/h4-13,15,17-18,25H,3,14,16,19-20H2,1-2H3,(H,29,31). The van der Waals surface area contributed by atoms with Gasteiger partial charge >= 0.3 is 0 Å². The minimum Gasteiger partial charge on any atom is -0.457 e. The molecule has 1 amide bonds. The summed E-state index contributed by atoms with van der Waals surface area (Å²) in [6, 6.07) is 21.9. The van der Waals surface area contributed by atoms with Crippen molar-refractivity contribution in [2.75, 3.05) is 13.1 Å². The topological polar surface area (TPSA) is 54.5 Å². The maximum atomic E-state index is 13.2. The molecular formula is C27H31N3O2. The maximum Gasteiger partial charge on any atom is 0.227 e. The van der Waals surface area contributed by atoms with Crippen LogP contribution < -0.4 is 10.1 Å². The number of nitrogens with one attached hydrogen (secondary N) is 1. The number of benzene rings is 2. The van der Waals surface area contributed by atoms with Crippen molar-refractivity contribution in [2.45, 2.75) is 39.3 Å². The molecule has 1 fully saturated rings. The highest BCUT2D eigenvalue weighted by atomic mass is 16.5. The second kappa shape index (κ2) is 9.96. The van der Waals surface area contributed by atoms with Crippen molar-refractivity contribution in [1.82, 2.24) is 15.2 Å². The van der Waals surface area contributed by atoms with Gasteiger partial charge in [0.15, 0.2) is 0 Å². The zero-order chi connectivity index (χ0) is 22.4. The Morgan fingerprint density at radius 1 is 1.12 bits per heavy atom. The Morgan fingerprint density at radius 2 is 1.94 bits per heavy atom. The van der Waals surface area contributed by atoms with E-state index in [4.69, 9.17) is 4.74 Å². The first-order chi connectivity index (χ1) is 15.6. The van der Waals surface area contributed by atoms with Crippen LogP contribution in [0.4, 0.5) is 0 Å². The Balaban J connectivity index is 1.36. The van der Waals surface area contributed by atoms with Gasteiger partial charge in [0.2, 0.25) is 5.91 Å². The molecule has 0 aliphatic carbocycles. The summed E-state index contributed by atoms with van der Waals surface area (Å²) >= 11 is 0. The molecule has 4 rings (SSSR count). The molecule has 1 aliphatic heterocycles. The molecule has 1 aromatic heterocycles. The zero-order valence-electron chi connectivity index (χ0n) is 18.8. The fourth-order valence-electron chi connectivity index (χ4n) is 4.30. The number of nitrogens with zero attached hydrogens (tertiary/aromatic N) is 2. The highest BCUT2D eigenvalue weighted by Crippen LogP contribution is 2.33. The molecular weight excluding hydrogens is 398 g/mol. The lowest BCUT2D eigenvalue weighted by molar-refractivity contribution is -0.130. The van der Waals surface area contributed by atoms with Crippen LogP contribution in [0, 0.1) is 5.41 Å². The summed E-state index contributed by atoms with van der Waals surface area (Å²) in [4.78, 5) is 19.7. The quantitative estimate of drug-likeness (QED) is 0.524. The van der Waals surface area contributed by atoms with Crippen molar-refractivity contribution in [3.05, 3.63) is 90.3 Å². The molecule has 2 unspecified atom stereocenters. The van der Waals surface area contributed by atoms with Crippen LogP contribution in [-0.4, -0.2) is 28.9 Å². The highest BCUT2D eigenvalue weighted by Gasteiger charge is 2.40. The summed E-state index contributed by atoms with van der Waals surface area (Å²) in [6.45, 7) is 6.61.